The zero-order valence-electron chi connectivity index (χ0n) is 17.9. The first kappa shape index (κ1) is 23.4. The van der Waals surface area contributed by atoms with E-state index in [1.807, 2.05) is 19.1 Å². The van der Waals surface area contributed by atoms with Gasteiger partial charge in [0.15, 0.2) is 0 Å². The van der Waals surface area contributed by atoms with Crippen molar-refractivity contribution in [1.29, 1.82) is 0 Å². The molecule has 1 aliphatic heterocycles. The smallest absolute Gasteiger partial charge is 0.410 e. The maximum absolute atomic E-state index is 13.2. The largest absolute Gasteiger partial charge is 0.497 e. The summed E-state index contributed by atoms with van der Waals surface area (Å²) in [7, 11) is 3.66. The Hall–Kier alpha value is -1.88. The minimum Gasteiger partial charge on any atom is -0.497 e. The Kier molecular flexibility index (Phi) is 7.87. The lowest BCUT2D eigenvalue weighted by Crippen LogP contribution is -2.53. The third-order valence-corrected chi connectivity index (χ3v) is 7.12. The highest BCUT2D eigenvalue weighted by atomic mass is 32.2. The molecule has 1 aromatic carbocycles. The van der Waals surface area contributed by atoms with Gasteiger partial charge in [0.25, 0.3) is 10.2 Å². The van der Waals surface area contributed by atoms with Crippen molar-refractivity contribution in [2.24, 2.45) is 0 Å². The molecule has 0 bridgehead atoms. The van der Waals surface area contributed by atoms with Crippen LogP contribution in [0.3, 0.4) is 0 Å². The molecule has 1 saturated heterocycles. The summed E-state index contributed by atoms with van der Waals surface area (Å²) >= 11 is 0. The van der Waals surface area contributed by atoms with Gasteiger partial charge in [-0.1, -0.05) is 12.1 Å². The lowest BCUT2D eigenvalue weighted by molar-refractivity contribution is 0.0618. The van der Waals surface area contributed by atoms with Crippen LogP contribution in [-0.4, -0.2) is 88.2 Å². The van der Waals surface area contributed by atoms with Crippen LogP contribution in [0.5, 0.6) is 5.75 Å². The van der Waals surface area contributed by atoms with E-state index in [4.69, 9.17) is 14.2 Å². The van der Waals surface area contributed by atoms with Crippen LogP contribution in [0.1, 0.15) is 18.9 Å². The summed E-state index contributed by atoms with van der Waals surface area (Å²) in [5, 5.41) is 0. The molecular weight excluding hydrogens is 398 g/mol. The van der Waals surface area contributed by atoms with Gasteiger partial charge < -0.3 is 14.2 Å². The molecule has 10 heteroatoms. The first-order chi connectivity index (χ1) is 13.7. The lowest BCUT2D eigenvalue weighted by Gasteiger charge is -2.35. The molecule has 3 atom stereocenters. The van der Waals surface area contributed by atoms with E-state index in [0.717, 1.165) is 5.56 Å². The van der Waals surface area contributed by atoms with E-state index in [0.29, 0.717) is 12.2 Å². The van der Waals surface area contributed by atoms with Gasteiger partial charge in [-0.3, -0.25) is 4.90 Å². The number of hydrogen-bond donors (Lipinski definition) is 0. The van der Waals surface area contributed by atoms with Gasteiger partial charge in [0, 0.05) is 33.8 Å². The summed E-state index contributed by atoms with van der Waals surface area (Å²) in [6.07, 6.45) is -0.0134. The predicted octanol–water partition coefficient (Wildman–Crippen LogP) is 1.55. The molecule has 164 valence electrons. The van der Waals surface area contributed by atoms with Crippen molar-refractivity contribution in [1.82, 2.24) is 13.5 Å². The standard InChI is InChI=1S/C19H31N3O6S/c1-14-11-17(18(13-26-4)22(14)19(23)28-6)21(29(24,25)20(2)3)12-15-7-9-16(27-5)10-8-15/h7-10,14,17-18H,11-13H2,1-6H3/t14-,17+,18+/m1/s1. The second kappa shape index (κ2) is 9.75. The van der Waals surface area contributed by atoms with Gasteiger partial charge in [-0.2, -0.15) is 17.0 Å². The van der Waals surface area contributed by atoms with Crippen LogP contribution in [0.15, 0.2) is 24.3 Å². The van der Waals surface area contributed by atoms with Crippen LogP contribution in [0, 0.1) is 0 Å². The SMILES string of the molecule is COC[C@H]1[C@@H](N(Cc2ccc(OC)cc2)S(=O)(=O)N(C)C)C[C@@H](C)N1C(=O)OC. The third-order valence-electron chi connectivity index (χ3n) is 5.21. The second-order valence-corrected chi connectivity index (χ2v) is 9.33. The Morgan fingerprint density at radius 3 is 2.28 bits per heavy atom. The number of amides is 1. The van der Waals surface area contributed by atoms with Gasteiger partial charge in [-0.05, 0) is 31.0 Å². The number of nitrogens with zero attached hydrogens (tertiary/aromatic N) is 3. The Morgan fingerprint density at radius 1 is 1.17 bits per heavy atom. The molecule has 0 aromatic heterocycles. The van der Waals surface area contributed by atoms with Crippen LogP contribution >= 0.6 is 0 Å². The van der Waals surface area contributed by atoms with Crippen LogP contribution in [0.2, 0.25) is 0 Å². The molecule has 1 aromatic rings. The number of methoxy groups -OCH3 is 3. The van der Waals surface area contributed by atoms with Gasteiger partial charge in [-0.15, -0.1) is 0 Å². The molecule has 1 fully saturated rings. The van der Waals surface area contributed by atoms with Crippen LogP contribution in [0.4, 0.5) is 4.79 Å². The molecule has 2 rings (SSSR count). The van der Waals surface area contributed by atoms with Gasteiger partial charge in [0.2, 0.25) is 0 Å². The summed E-state index contributed by atoms with van der Waals surface area (Å²) in [4.78, 5) is 13.9. The zero-order valence-corrected chi connectivity index (χ0v) is 18.7. The summed E-state index contributed by atoms with van der Waals surface area (Å²) < 4.78 is 44.5. The number of benzene rings is 1. The summed E-state index contributed by atoms with van der Waals surface area (Å²) in [6, 6.07) is 6.13. The topological polar surface area (TPSA) is 88.6 Å². The fraction of sp³-hybridized carbons (Fsp3) is 0.632. The Balaban J connectivity index is 2.44. The van der Waals surface area contributed by atoms with Gasteiger partial charge in [-0.25, -0.2) is 4.79 Å². The lowest BCUT2D eigenvalue weighted by atomic mass is 10.1. The molecule has 0 saturated carbocycles. The molecule has 0 unspecified atom stereocenters. The second-order valence-electron chi connectivity index (χ2n) is 7.24. The predicted molar refractivity (Wildman–Crippen MR) is 109 cm³/mol. The van der Waals surface area contributed by atoms with E-state index < -0.39 is 28.4 Å². The average molecular weight is 430 g/mol. The Morgan fingerprint density at radius 2 is 1.79 bits per heavy atom. The van der Waals surface area contributed by atoms with E-state index in [1.54, 1.807) is 24.1 Å². The molecule has 0 aliphatic carbocycles. The maximum atomic E-state index is 13.2. The monoisotopic (exact) mass is 429 g/mol. The third kappa shape index (κ3) is 5.00. The van der Waals surface area contributed by atoms with E-state index in [9.17, 15) is 13.2 Å². The van der Waals surface area contributed by atoms with E-state index in [1.165, 1.54) is 36.9 Å². The molecule has 0 radical (unpaired) electrons. The molecule has 0 N–H and O–H groups in total. The van der Waals surface area contributed by atoms with E-state index in [2.05, 4.69) is 0 Å². The van der Waals surface area contributed by atoms with Gasteiger partial charge in [0.05, 0.1) is 32.9 Å². The van der Waals surface area contributed by atoms with Crippen molar-refractivity contribution in [2.75, 3.05) is 42.0 Å². The van der Waals surface area contributed by atoms with Crippen LogP contribution in [-0.2, 0) is 26.2 Å². The summed E-state index contributed by atoms with van der Waals surface area (Å²) in [5.41, 5.74) is 0.816. The molecule has 1 amide bonds. The average Bonchev–Trinajstić information content (AvgIpc) is 3.01. The number of carbonyl (C=O) groups excluding carboxylic acids is 1. The highest BCUT2D eigenvalue weighted by molar-refractivity contribution is 7.86. The number of carbonyl (C=O) groups is 1. The van der Waals surface area contributed by atoms with Crippen LogP contribution < -0.4 is 4.74 Å². The van der Waals surface area contributed by atoms with Crippen molar-refractivity contribution in [3.63, 3.8) is 0 Å². The number of ether oxygens (including phenoxy) is 3. The highest BCUT2D eigenvalue weighted by Gasteiger charge is 2.48. The van der Waals surface area contributed by atoms with Gasteiger partial charge in [0.1, 0.15) is 5.75 Å². The molecule has 29 heavy (non-hydrogen) atoms. The quantitative estimate of drug-likeness (QED) is 0.623. The first-order valence-electron chi connectivity index (χ1n) is 9.34. The minimum absolute atomic E-state index is 0.164. The normalized spacial score (nSPS) is 22.3. The molecular formula is C19H31N3O6S. The van der Waals surface area contributed by atoms with Crippen molar-refractivity contribution >= 4 is 16.3 Å². The highest BCUT2D eigenvalue weighted by Crippen LogP contribution is 2.32. The number of hydrogen-bond acceptors (Lipinski definition) is 6. The molecule has 1 aliphatic rings. The van der Waals surface area contributed by atoms with Crippen molar-refractivity contribution < 1.29 is 27.4 Å². The molecule has 1 heterocycles. The number of rotatable bonds is 8. The van der Waals surface area contributed by atoms with Crippen molar-refractivity contribution in [3.05, 3.63) is 29.8 Å². The van der Waals surface area contributed by atoms with Gasteiger partial charge >= 0.3 is 6.09 Å². The fourth-order valence-corrected chi connectivity index (χ4v) is 5.02. The minimum atomic E-state index is -3.77. The molecule has 0 spiro atoms. The molecule has 9 nitrogen and oxygen atoms in total. The maximum Gasteiger partial charge on any atom is 0.410 e. The van der Waals surface area contributed by atoms with Crippen LogP contribution in [0.25, 0.3) is 0 Å². The van der Waals surface area contributed by atoms with Crippen molar-refractivity contribution in [3.8, 4) is 5.75 Å². The number of likely N-dealkylation sites (tertiary alicyclic amines) is 1. The first-order valence-corrected chi connectivity index (χ1v) is 10.7. The van der Waals surface area contributed by atoms with E-state index >= 15 is 0 Å². The summed E-state index contributed by atoms with van der Waals surface area (Å²) in [5.74, 6) is 0.694. The zero-order chi connectivity index (χ0) is 21.8. The Labute approximate surface area is 173 Å². The summed E-state index contributed by atoms with van der Waals surface area (Å²) in [6.45, 7) is 2.25. The van der Waals surface area contributed by atoms with E-state index in [-0.39, 0.29) is 19.2 Å². The fourth-order valence-electron chi connectivity index (χ4n) is 3.72. The Bertz CT molecular complexity index is 784. The van der Waals surface area contributed by atoms with Crippen molar-refractivity contribution in [2.45, 2.75) is 38.0 Å².